The van der Waals surface area contributed by atoms with Gasteiger partial charge in [0, 0.05) is 12.1 Å². The predicted molar refractivity (Wildman–Crippen MR) is 89.6 cm³/mol. The molecule has 1 rings (SSSR count). The van der Waals surface area contributed by atoms with Crippen LogP contribution >= 0.6 is 23.2 Å². The number of methoxy groups -OCH3 is 1. The molecule has 0 aromatic heterocycles. The Kier molecular flexibility index (Phi) is 8.39. The second kappa shape index (κ2) is 9.78. The van der Waals surface area contributed by atoms with E-state index in [9.17, 15) is 9.18 Å². The molecule has 0 N–H and O–H groups in total. The molecule has 1 aliphatic rings. The number of carbonyl (C=O) groups excluding carboxylic acids is 1. The summed E-state index contributed by atoms with van der Waals surface area (Å²) in [4.78, 5) is 11.1. The van der Waals surface area contributed by atoms with E-state index in [1.807, 2.05) is 6.92 Å². The van der Waals surface area contributed by atoms with E-state index in [4.69, 9.17) is 27.9 Å². The molecule has 0 amide bonds. The molecule has 0 fully saturated rings. The smallest absolute Gasteiger partial charge is 0.146 e. The molecule has 0 bridgehead atoms. The van der Waals surface area contributed by atoms with Crippen molar-refractivity contribution in [2.45, 2.75) is 32.3 Å². The number of rotatable bonds is 7. The Morgan fingerprint density at radius 3 is 2.77 bits per heavy atom. The van der Waals surface area contributed by atoms with Crippen molar-refractivity contribution in [1.29, 1.82) is 0 Å². The average Bonchev–Trinajstić information content (AvgIpc) is 2.71. The zero-order chi connectivity index (χ0) is 16.5. The predicted octanol–water partition coefficient (Wildman–Crippen LogP) is 5.36. The summed E-state index contributed by atoms with van der Waals surface area (Å²) in [5, 5.41) is 0.869. The van der Waals surface area contributed by atoms with Crippen LogP contribution in [-0.4, -0.2) is 19.5 Å². The van der Waals surface area contributed by atoms with Gasteiger partial charge in [-0.05, 0) is 48.6 Å². The lowest BCUT2D eigenvalue weighted by Gasteiger charge is -2.03. The van der Waals surface area contributed by atoms with Gasteiger partial charge in [-0.25, -0.2) is 4.39 Å². The molecule has 0 spiro atoms. The van der Waals surface area contributed by atoms with Gasteiger partial charge in [-0.2, -0.15) is 0 Å². The number of aldehydes is 1. The lowest BCUT2D eigenvalue weighted by atomic mass is 10.0. The van der Waals surface area contributed by atoms with Crippen LogP contribution < -0.4 is 0 Å². The largest absolute Gasteiger partial charge is 0.373 e. The first-order chi connectivity index (χ1) is 10.5. The molecule has 0 aliphatic heterocycles. The summed E-state index contributed by atoms with van der Waals surface area (Å²) in [6, 6.07) is 0. The van der Waals surface area contributed by atoms with E-state index in [0.29, 0.717) is 34.9 Å². The maximum atomic E-state index is 13.6. The van der Waals surface area contributed by atoms with E-state index in [1.165, 1.54) is 19.3 Å². The first-order valence-corrected chi connectivity index (χ1v) is 7.74. The molecule has 1 atom stereocenters. The van der Waals surface area contributed by atoms with Crippen LogP contribution in [0.15, 0.2) is 57.4 Å². The summed E-state index contributed by atoms with van der Waals surface area (Å²) in [5.74, 6) is -0.351. The Balaban J connectivity index is 2.78. The molecule has 1 aliphatic carbocycles. The molecule has 22 heavy (non-hydrogen) atoms. The molecule has 0 saturated heterocycles. The van der Waals surface area contributed by atoms with Crippen molar-refractivity contribution in [1.82, 2.24) is 0 Å². The van der Waals surface area contributed by atoms with Crippen LogP contribution in [0.2, 0.25) is 0 Å². The first kappa shape index (κ1) is 18.9. The normalized spacial score (nSPS) is 20.0. The third kappa shape index (κ3) is 6.30. The molecule has 0 radical (unpaired) electrons. The third-order valence-corrected chi connectivity index (χ3v) is 4.06. The van der Waals surface area contributed by atoms with Crippen molar-refractivity contribution in [3.05, 3.63) is 57.4 Å². The summed E-state index contributed by atoms with van der Waals surface area (Å²) in [6.45, 7) is 1.88. The van der Waals surface area contributed by atoms with E-state index in [-0.39, 0.29) is 11.9 Å². The number of ether oxygens (including phenoxy) is 1. The zero-order valence-electron chi connectivity index (χ0n) is 12.6. The van der Waals surface area contributed by atoms with E-state index < -0.39 is 0 Å². The molecular weight excluding hydrogens is 326 g/mol. The molecule has 0 aromatic rings. The van der Waals surface area contributed by atoms with Gasteiger partial charge in [-0.1, -0.05) is 42.3 Å². The number of hydrogen-bond acceptors (Lipinski definition) is 2. The summed E-state index contributed by atoms with van der Waals surface area (Å²) in [5.41, 5.74) is 1.30. The number of allylic oxidation sites excluding steroid dienone is 8. The first-order valence-electron chi connectivity index (χ1n) is 6.99. The Bertz CT molecular complexity index is 557. The van der Waals surface area contributed by atoms with Gasteiger partial charge in [0.15, 0.2) is 0 Å². The highest BCUT2D eigenvalue weighted by Crippen LogP contribution is 2.23. The lowest BCUT2D eigenvalue weighted by Crippen LogP contribution is -2.01. The topological polar surface area (TPSA) is 26.3 Å². The van der Waals surface area contributed by atoms with E-state index in [2.05, 4.69) is 0 Å². The van der Waals surface area contributed by atoms with E-state index in [1.54, 1.807) is 18.2 Å². The van der Waals surface area contributed by atoms with Gasteiger partial charge in [-0.3, -0.25) is 4.79 Å². The Morgan fingerprint density at radius 2 is 2.18 bits per heavy atom. The van der Waals surface area contributed by atoms with Crippen LogP contribution in [0.3, 0.4) is 0 Å². The van der Waals surface area contributed by atoms with Crippen molar-refractivity contribution in [3.8, 4) is 0 Å². The quantitative estimate of drug-likeness (QED) is 0.353. The van der Waals surface area contributed by atoms with Crippen molar-refractivity contribution < 1.29 is 13.9 Å². The van der Waals surface area contributed by atoms with E-state index >= 15 is 0 Å². The van der Waals surface area contributed by atoms with Gasteiger partial charge in [-0.15, -0.1) is 0 Å². The van der Waals surface area contributed by atoms with Crippen molar-refractivity contribution in [2.24, 2.45) is 0 Å². The summed E-state index contributed by atoms with van der Waals surface area (Å²) in [6.07, 6.45) is 9.90. The molecule has 0 heterocycles. The minimum absolute atomic E-state index is 0.351. The van der Waals surface area contributed by atoms with Crippen molar-refractivity contribution in [2.75, 3.05) is 7.11 Å². The van der Waals surface area contributed by atoms with E-state index in [0.717, 1.165) is 11.9 Å². The monoisotopic (exact) mass is 344 g/mol. The fraction of sp³-hybridized carbons (Fsp3) is 0.353. The Labute approximate surface area is 140 Å². The fourth-order valence-electron chi connectivity index (χ4n) is 1.87. The fourth-order valence-corrected chi connectivity index (χ4v) is 2.20. The van der Waals surface area contributed by atoms with Gasteiger partial charge >= 0.3 is 0 Å². The highest BCUT2D eigenvalue weighted by Gasteiger charge is 2.08. The van der Waals surface area contributed by atoms with Gasteiger partial charge in [0.05, 0.1) is 11.1 Å². The zero-order valence-corrected chi connectivity index (χ0v) is 14.1. The number of carbonyl (C=O) groups is 1. The van der Waals surface area contributed by atoms with Crippen LogP contribution in [0.1, 0.15) is 26.2 Å². The van der Waals surface area contributed by atoms with Gasteiger partial charge < -0.3 is 4.74 Å². The van der Waals surface area contributed by atoms with Gasteiger partial charge in [0.1, 0.15) is 12.1 Å². The molecule has 5 heteroatoms. The van der Waals surface area contributed by atoms with Crippen LogP contribution in [0.5, 0.6) is 0 Å². The van der Waals surface area contributed by atoms with Crippen LogP contribution in [0.4, 0.5) is 4.39 Å². The van der Waals surface area contributed by atoms with Crippen molar-refractivity contribution in [3.63, 3.8) is 0 Å². The van der Waals surface area contributed by atoms with Gasteiger partial charge in [0.2, 0.25) is 0 Å². The maximum absolute atomic E-state index is 13.6. The van der Waals surface area contributed by atoms with Crippen LogP contribution in [0.25, 0.3) is 0 Å². The second-order valence-corrected chi connectivity index (χ2v) is 5.64. The SMILES string of the molecule is CC/C(Cl)=C(Cl)\C=C(\C=O)CCC1=CC(F)=CC(OC)C=C1. The molecule has 120 valence electrons. The molecule has 2 nitrogen and oxygen atoms in total. The molecule has 0 aromatic carbocycles. The third-order valence-electron chi connectivity index (χ3n) is 3.15. The minimum atomic E-state index is -0.379. The Morgan fingerprint density at radius 1 is 1.45 bits per heavy atom. The van der Waals surface area contributed by atoms with Gasteiger partial charge in [0.25, 0.3) is 0 Å². The summed E-state index contributed by atoms with van der Waals surface area (Å²) >= 11 is 11.9. The molecule has 1 unspecified atom stereocenters. The highest BCUT2D eigenvalue weighted by atomic mass is 35.5. The van der Waals surface area contributed by atoms with Crippen LogP contribution in [0, 0.1) is 0 Å². The minimum Gasteiger partial charge on any atom is -0.373 e. The number of hydrogen-bond donors (Lipinski definition) is 0. The summed E-state index contributed by atoms with van der Waals surface area (Å²) in [7, 11) is 1.52. The summed E-state index contributed by atoms with van der Waals surface area (Å²) < 4.78 is 18.7. The number of halogens is 3. The molecular formula is C17H19Cl2FO2. The second-order valence-electron chi connectivity index (χ2n) is 4.77. The maximum Gasteiger partial charge on any atom is 0.146 e. The van der Waals surface area contributed by atoms with Crippen molar-refractivity contribution >= 4 is 29.5 Å². The molecule has 0 saturated carbocycles. The standard InChI is InChI=1S/C17H19Cl2FO2/c1-3-16(18)17(19)9-13(11-21)5-4-12-6-7-15(22-2)10-14(20)8-12/h6-11,15H,3-5H2,1-2H3/b13-9+,17-16-. The average molecular weight is 345 g/mol. The van der Waals surface area contributed by atoms with Crippen LogP contribution in [-0.2, 0) is 9.53 Å². The Hall–Kier alpha value is -1.16. The highest BCUT2D eigenvalue weighted by molar-refractivity contribution is 6.40. The lowest BCUT2D eigenvalue weighted by molar-refractivity contribution is -0.105.